The standard InChI is InChI=1S/C18H24N6O.2C2HF3O2/c1-21-12-17(25)24(16-9-20-22(2)11-16)14-18(21)5-7-23(13-18)10-15-4-3-6-19-8-15;2*3-2(4,5)1(6)7/h3-4,6,8-9,11H,5,7,10,12-14H2,1-2H3;2*(H,6,7). The Kier molecular flexibility index (Phi) is 10.0. The van der Waals surface area contributed by atoms with E-state index in [1.165, 1.54) is 5.56 Å². The van der Waals surface area contributed by atoms with Gasteiger partial charge in [0.05, 0.1) is 24.0 Å². The quantitative estimate of drug-likeness (QED) is 0.534. The number of amides is 1. The molecule has 4 heterocycles. The van der Waals surface area contributed by atoms with E-state index in [2.05, 4.69) is 33.0 Å². The van der Waals surface area contributed by atoms with Gasteiger partial charge in [-0.2, -0.15) is 31.4 Å². The van der Waals surface area contributed by atoms with Crippen LogP contribution in [0.5, 0.6) is 0 Å². The molecule has 216 valence electrons. The van der Waals surface area contributed by atoms with Gasteiger partial charge in [0.1, 0.15) is 0 Å². The third-order valence-corrected chi connectivity index (χ3v) is 5.96. The van der Waals surface area contributed by atoms with Crippen molar-refractivity contribution in [3.63, 3.8) is 0 Å². The Morgan fingerprint density at radius 1 is 1.03 bits per heavy atom. The second-order valence-electron chi connectivity index (χ2n) is 8.86. The van der Waals surface area contributed by atoms with Gasteiger partial charge >= 0.3 is 24.3 Å². The number of carbonyl (C=O) groups excluding carboxylic acids is 1. The molecule has 11 nitrogen and oxygen atoms in total. The first-order valence-electron chi connectivity index (χ1n) is 11.2. The maximum absolute atomic E-state index is 12.6. The Hall–Kier alpha value is -3.73. The third-order valence-electron chi connectivity index (χ3n) is 5.96. The van der Waals surface area contributed by atoms with Crippen LogP contribution in [0.4, 0.5) is 32.0 Å². The Balaban J connectivity index is 0.000000317. The number of anilines is 1. The second-order valence-corrected chi connectivity index (χ2v) is 8.86. The number of likely N-dealkylation sites (N-methyl/N-ethyl adjacent to an activating group) is 1. The van der Waals surface area contributed by atoms with E-state index < -0.39 is 24.3 Å². The molecule has 4 rings (SSSR count). The van der Waals surface area contributed by atoms with E-state index in [1.807, 2.05) is 30.4 Å². The summed E-state index contributed by atoms with van der Waals surface area (Å²) in [5, 5.41) is 18.5. The highest BCUT2D eigenvalue weighted by Gasteiger charge is 2.47. The number of halogens is 6. The number of rotatable bonds is 3. The smallest absolute Gasteiger partial charge is 0.475 e. The van der Waals surface area contributed by atoms with Crippen molar-refractivity contribution in [2.45, 2.75) is 30.9 Å². The molecular formula is C22H26F6N6O5. The first-order valence-corrected chi connectivity index (χ1v) is 11.2. The number of alkyl halides is 6. The van der Waals surface area contributed by atoms with Crippen LogP contribution < -0.4 is 4.90 Å². The van der Waals surface area contributed by atoms with Crippen LogP contribution in [-0.2, 0) is 28.0 Å². The molecular weight excluding hydrogens is 542 g/mol. The van der Waals surface area contributed by atoms with Gasteiger partial charge in [-0.1, -0.05) is 6.07 Å². The number of likely N-dealkylation sites (tertiary alicyclic amines) is 1. The number of aliphatic carboxylic acids is 2. The average Bonchev–Trinajstić information content (AvgIpc) is 3.43. The molecule has 1 atom stereocenters. The fraction of sp³-hybridized carbons (Fsp3) is 0.500. The van der Waals surface area contributed by atoms with Crippen LogP contribution in [0.2, 0.25) is 0 Å². The molecule has 17 heteroatoms. The Morgan fingerprint density at radius 2 is 1.62 bits per heavy atom. The fourth-order valence-corrected chi connectivity index (χ4v) is 4.01. The maximum atomic E-state index is 12.6. The summed E-state index contributed by atoms with van der Waals surface area (Å²) in [6.45, 7) is 4.08. The van der Waals surface area contributed by atoms with E-state index in [-0.39, 0.29) is 11.4 Å². The largest absolute Gasteiger partial charge is 0.490 e. The number of pyridine rings is 1. The van der Waals surface area contributed by atoms with E-state index in [1.54, 1.807) is 17.1 Å². The number of hydrogen-bond acceptors (Lipinski definition) is 7. The molecule has 1 spiro atoms. The van der Waals surface area contributed by atoms with Gasteiger partial charge in [-0.25, -0.2) is 9.59 Å². The van der Waals surface area contributed by atoms with Crippen LogP contribution in [-0.4, -0.2) is 104 Å². The number of aryl methyl sites for hydroxylation is 1. The molecule has 2 aliphatic heterocycles. The number of aromatic nitrogens is 3. The normalized spacial score (nSPS) is 20.2. The average molecular weight is 568 g/mol. The van der Waals surface area contributed by atoms with Crippen LogP contribution >= 0.6 is 0 Å². The zero-order chi connectivity index (χ0) is 29.6. The van der Waals surface area contributed by atoms with E-state index in [0.29, 0.717) is 6.54 Å². The molecule has 2 fully saturated rings. The number of piperazine rings is 1. The molecule has 2 saturated heterocycles. The number of hydrogen-bond donors (Lipinski definition) is 2. The van der Waals surface area contributed by atoms with Gasteiger partial charge in [0.15, 0.2) is 0 Å². The number of carboxylic acid groups (broad SMARTS) is 2. The predicted molar refractivity (Wildman–Crippen MR) is 122 cm³/mol. The molecule has 0 saturated carbocycles. The van der Waals surface area contributed by atoms with Crippen LogP contribution in [0.1, 0.15) is 12.0 Å². The summed E-state index contributed by atoms with van der Waals surface area (Å²) in [6, 6.07) is 4.10. The predicted octanol–water partition coefficient (Wildman–Crippen LogP) is 2.00. The SMILES string of the molecule is CN1CC(=O)N(c2cnn(C)c2)CC12CCN(Cc1cccnc1)C2.O=C(O)C(F)(F)F.O=C(O)C(F)(F)F. The topological polar surface area (TPSA) is 132 Å². The molecule has 0 aliphatic carbocycles. The Labute approximate surface area is 218 Å². The zero-order valence-electron chi connectivity index (χ0n) is 20.8. The van der Waals surface area contributed by atoms with Crippen LogP contribution in [0, 0.1) is 0 Å². The van der Waals surface area contributed by atoms with E-state index in [0.717, 1.165) is 38.3 Å². The Morgan fingerprint density at radius 3 is 2.08 bits per heavy atom. The molecule has 39 heavy (non-hydrogen) atoms. The zero-order valence-corrected chi connectivity index (χ0v) is 20.8. The lowest BCUT2D eigenvalue weighted by molar-refractivity contribution is -0.193. The van der Waals surface area contributed by atoms with Crippen LogP contribution in [0.25, 0.3) is 0 Å². The van der Waals surface area contributed by atoms with Gasteiger partial charge in [0.2, 0.25) is 5.91 Å². The summed E-state index contributed by atoms with van der Waals surface area (Å²) in [5.41, 5.74) is 2.13. The van der Waals surface area contributed by atoms with E-state index in [9.17, 15) is 31.1 Å². The summed E-state index contributed by atoms with van der Waals surface area (Å²) >= 11 is 0. The minimum atomic E-state index is -5.08. The van der Waals surface area contributed by atoms with Gasteiger partial charge in [0.25, 0.3) is 0 Å². The van der Waals surface area contributed by atoms with Gasteiger partial charge in [-0.05, 0) is 25.1 Å². The van der Waals surface area contributed by atoms with Crippen molar-refractivity contribution < 1.29 is 50.9 Å². The number of carboxylic acids is 2. The summed E-state index contributed by atoms with van der Waals surface area (Å²) in [5.74, 6) is -5.37. The van der Waals surface area contributed by atoms with Crippen molar-refractivity contribution in [2.24, 2.45) is 7.05 Å². The third kappa shape index (κ3) is 8.91. The molecule has 2 aliphatic rings. The van der Waals surface area contributed by atoms with Crippen LogP contribution in [0.15, 0.2) is 36.9 Å². The number of nitrogens with zero attached hydrogens (tertiary/aromatic N) is 6. The summed E-state index contributed by atoms with van der Waals surface area (Å²) < 4.78 is 65.2. The maximum Gasteiger partial charge on any atom is 0.490 e. The molecule has 2 N–H and O–H groups in total. The van der Waals surface area contributed by atoms with E-state index in [4.69, 9.17) is 19.8 Å². The molecule has 1 amide bonds. The lowest BCUT2D eigenvalue weighted by Crippen LogP contribution is -2.64. The van der Waals surface area contributed by atoms with E-state index >= 15 is 0 Å². The highest BCUT2D eigenvalue weighted by Crippen LogP contribution is 2.33. The first-order chi connectivity index (χ1) is 17.9. The summed E-state index contributed by atoms with van der Waals surface area (Å²) in [4.78, 5) is 41.2. The van der Waals surface area contributed by atoms with Gasteiger partial charge in [0, 0.05) is 51.8 Å². The first kappa shape index (κ1) is 31.5. The van der Waals surface area contributed by atoms with Crippen molar-refractivity contribution in [1.82, 2.24) is 24.6 Å². The van der Waals surface area contributed by atoms with Crippen molar-refractivity contribution in [2.75, 3.05) is 38.1 Å². The van der Waals surface area contributed by atoms with Gasteiger partial charge < -0.3 is 15.1 Å². The van der Waals surface area contributed by atoms with Crippen molar-refractivity contribution in [3.05, 3.63) is 42.5 Å². The van der Waals surface area contributed by atoms with Crippen molar-refractivity contribution in [3.8, 4) is 0 Å². The van der Waals surface area contributed by atoms with Crippen LogP contribution in [0.3, 0.4) is 0 Å². The number of carbonyl (C=O) groups is 3. The molecule has 2 aromatic rings. The second kappa shape index (κ2) is 12.4. The molecule has 1 unspecified atom stereocenters. The van der Waals surface area contributed by atoms with Gasteiger partial charge in [-0.15, -0.1) is 0 Å². The van der Waals surface area contributed by atoms with Crippen molar-refractivity contribution in [1.29, 1.82) is 0 Å². The lowest BCUT2D eigenvalue weighted by Gasteiger charge is -2.46. The lowest BCUT2D eigenvalue weighted by atomic mass is 9.93. The monoisotopic (exact) mass is 568 g/mol. The van der Waals surface area contributed by atoms with Gasteiger partial charge in [-0.3, -0.25) is 24.3 Å². The molecule has 0 radical (unpaired) electrons. The summed E-state index contributed by atoms with van der Waals surface area (Å²) in [6.07, 6.45) is -1.67. The molecule has 0 aromatic carbocycles. The highest BCUT2D eigenvalue weighted by atomic mass is 19.4. The summed E-state index contributed by atoms with van der Waals surface area (Å²) in [7, 11) is 3.96. The fourth-order valence-electron chi connectivity index (χ4n) is 4.01. The highest BCUT2D eigenvalue weighted by molar-refractivity contribution is 5.95. The Bertz CT molecular complexity index is 1120. The minimum absolute atomic E-state index is 0.00591. The van der Waals surface area contributed by atoms with Crippen molar-refractivity contribution >= 4 is 23.5 Å². The molecule has 0 bridgehead atoms. The molecule has 2 aromatic heterocycles. The minimum Gasteiger partial charge on any atom is -0.475 e.